The molecule has 0 amide bonds. The first kappa shape index (κ1) is 11.7. The molecule has 0 radical (unpaired) electrons. The molecule has 0 aromatic heterocycles. The molecule has 96 valence electrons. The summed E-state index contributed by atoms with van der Waals surface area (Å²) in [6.07, 6.45) is 2.47. The normalized spacial score (nSPS) is 34.4. The summed E-state index contributed by atoms with van der Waals surface area (Å²) in [6, 6.07) is 10.4. The molecule has 3 heteroatoms. The van der Waals surface area contributed by atoms with Crippen LogP contribution in [0, 0.1) is 5.92 Å². The van der Waals surface area contributed by atoms with Crippen LogP contribution >= 0.6 is 0 Å². The highest BCUT2D eigenvalue weighted by Crippen LogP contribution is 2.38. The molecule has 1 aromatic rings. The van der Waals surface area contributed by atoms with Crippen LogP contribution in [-0.4, -0.2) is 24.3 Å². The maximum atomic E-state index is 11.3. The van der Waals surface area contributed by atoms with E-state index in [2.05, 4.69) is 19.1 Å². The van der Waals surface area contributed by atoms with Crippen molar-refractivity contribution >= 4 is 5.97 Å². The summed E-state index contributed by atoms with van der Waals surface area (Å²) in [5, 5.41) is 0. The SMILES string of the molecule is CC[C@@H]1C(Cc2ccccc2)O[C@@H]2CC(=O)O[C@H]12. The lowest BCUT2D eigenvalue weighted by Crippen LogP contribution is -2.27. The number of carbonyl (C=O) groups excluding carboxylic acids is 1. The summed E-state index contributed by atoms with van der Waals surface area (Å²) >= 11 is 0. The van der Waals surface area contributed by atoms with Gasteiger partial charge in [-0.1, -0.05) is 37.3 Å². The van der Waals surface area contributed by atoms with E-state index in [0.29, 0.717) is 12.3 Å². The Morgan fingerprint density at radius 3 is 2.78 bits per heavy atom. The van der Waals surface area contributed by atoms with Crippen molar-refractivity contribution in [1.82, 2.24) is 0 Å². The Morgan fingerprint density at radius 1 is 1.28 bits per heavy atom. The first-order valence-corrected chi connectivity index (χ1v) is 6.66. The minimum absolute atomic E-state index is 0.0174. The van der Waals surface area contributed by atoms with Crippen LogP contribution < -0.4 is 0 Å². The number of benzene rings is 1. The van der Waals surface area contributed by atoms with Crippen molar-refractivity contribution < 1.29 is 14.3 Å². The zero-order chi connectivity index (χ0) is 12.5. The number of ether oxygens (including phenoxy) is 2. The summed E-state index contributed by atoms with van der Waals surface area (Å²) in [4.78, 5) is 11.3. The van der Waals surface area contributed by atoms with Crippen LogP contribution in [0.3, 0.4) is 0 Å². The van der Waals surface area contributed by atoms with Crippen LogP contribution in [0.2, 0.25) is 0 Å². The Kier molecular flexibility index (Phi) is 3.08. The molecule has 0 N–H and O–H groups in total. The van der Waals surface area contributed by atoms with Gasteiger partial charge >= 0.3 is 5.97 Å². The highest BCUT2D eigenvalue weighted by molar-refractivity contribution is 5.72. The van der Waals surface area contributed by atoms with E-state index in [1.807, 2.05) is 18.2 Å². The summed E-state index contributed by atoms with van der Waals surface area (Å²) in [7, 11) is 0. The molecule has 18 heavy (non-hydrogen) atoms. The minimum Gasteiger partial charge on any atom is -0.459 e. The third-order valence-electron chi connectivity index (χ3n) is 4.00. The number of hydrogen-bond acceptors (Lipinski definition) is 3. The topological polar surface area (TPSA) is 35.5 Å². The largest absolute Gasteiger partial charge is 0.459 e. The lowest BCUT2D eigenvalue weighted by Gasteiger charge is -2.20. The van der Waals surface area contributed by atoms with Gasteiger partial charge in [0.2, 0.25) is 0 Å². The van der Waals surface area contributed by atoms with E-state index in [0.717, 1.165) is 12.8 Å². The number of carbonyl (C=O) groups is 1. The smallest absolute Gasteiger partial charge is 0.308 e. The van der Waals surface area contributed by atoms with E-state index < -0.39 is 0 Å². The average molecular weight is 246 g/mol. The van der Waals surface area contributed by atoms with E-state index in [9.17, 15) is 4.79 Å². The van der Waals surface area contributed by atoms with Gasteiger partial charge in [-0.25, -0.2) is 0 Å². The fourth-order valence-corrected chi connectivity index (χ4v) is 3.12. The van der Waals surface area contributed by atoms with Gasteiger partial charge < -0.3 is 9.47 Å². The first-order valence-electron chi connectivity index (χ1n) is 6.66. The fraction of sp³-hybridized carbons (Fsp3) is 0.533. The minimum atomic E-state index is -0.110. The van der Waals surface area contributed by atoms with E-state index in [4.69, 9.17) is 9.47 Å². The van der Waals surface area contributed by atoms with Crippen molar-refractivity contribution in [3.8, 4) is 0 Å². The quantitative estimate of drug-likeness (QED) is 0.768. The molecule has 0 aliphatic carbocycles. The van der Waals surface area contributed by atoms with E-state index in [1.54, 1.807) is 0 Å². The highest BCUT2D eigenvalue weighted by atomic mass is 16.6. The first-order chi connectivity index (χ1) is 8.78. The molecule has 0 bridgehead atoms. The third-order valence-corrected chi connectivity index (χ3v) is 4.00. The molecule has 0 spiro atoms. The van der Waals surface area contributed by atoms with Gasteiger partial charge in [-0.2, -0.15) is 0 Å². The van der Waals surface area contributed by atoms with E-state index in [-0.39, 0.29) is 24.3 Å². The van der Waals surface area contributed by atoms with E-state index >= 15 is 0 Å². The van der Waals surface area contributed by atoms with Crippen molar-refractivity contribution in [2.75, 3.05) is 0 Å². The molecule has 2 aliphatic heterocycles. The Hall–Kier alpha value is -1.35. The molecule has 2 heterocycles. The van der Waals surface area contributed by atoms with Crippen molar-refractivity contribution in [1.29, 1.82) is 0 Å². The van der Waals surface area contributed by atoms with Crippen LogP contribution in [-0.2, 0) is 20.7 Å². The third kappa shape index (κ3) is 2.03. The zero-order valence-corrected chi connectivity index (χ0v) is 10.5. The molecule has 4 atom stereocenters. The van der Waals surface area contributed by atoms with Crippen molar-refractivity contribution in [2.45, 2.75) is 44.5 Å². The summed E-state index contributed by atoms with van der Waals surface area (Å²) in [5.41, 5.74) is 1.28. The predicted molar refractivity (Wildman–Crippen MR) is 67.1 cm³/mol. The zero-order valence-electron chi connectivity index (χ0n) is 10.5. The Morgan fingerprint density at radius 2 is 2.06 bits per heavy atom. The second-order valence-corrected chi connectivity index (χ2v) is 5.13. The maximum Gasteiger partial charge on any atom is 0.308 e. The number of hydrogen-bond donors (Lipinski definition) is 0. The summed E-state index contributed by atoms with van der Waals surface area (Å²) in [6.45, 7) is 2.14. The molecule has 3 rings (SSSR count). The van der Waals surface area contributed by atoms with Crippen molar-refractivity contribution in [3.63, 3.8) is 0 Å². The van der Waals surface area contributed by atoms with Crippen molar-refractivity contribution in [3.05, 3.63) is 35.9 Å². The molecule has 3 nitrogen and oxygen atoms in total. The van der Waals surface area contributed by atoms with Crippen LogP contribution in [0.1, 0.15) is 25.3 Å². The van der Waals surface area contributed by atoms with Crippen LogP contribution in [0.25, 0.3) is 0 Å². The molecule has 2 saturated heterocycles. The summed E-state index contributed by atoms with van der Waals surface area (Å²) in [5.74, 6) is 0.225. The lowest BCUT2D eigenvalue weighted by atomic mass is 9.90. The molecular formula is C15H18O3. The Bertz CT molecular complexity index is 429. The van der Waals surface area contributed by atoms with Crippen molar-refractivity contribution in [2.24, 2.45) is 5.92 Å². The molecule has 1 aromatic carbocycles. The van der Waals surface area contributed by atoms with E-state index in [1.165, 1.54) is 5.56 Å². The molecular weight excluding hydrogens is 228 g/mol. The summed E-state index contributed by atoms with van der Waals surface area (Å²) < 4.78 is 11.4. The van der Waals surface area contributed by atoms with Crippen LogP contribution in [0.5, 0.6) is 0 Å². The molecule has 2 fully saturated rings. The van der Waals surface area contributed by atoms with Gasteiger partial charge in [0.05, 0.1) is 12.5 Å². The van der Waals surface area contributed by atoms with Crippen LogP contribution in [0.4, 0.5) is 0 Å². The van der Waals surface area contributed by atoms with Gasteiger partial charge in [0, 0.05) is 5.92 Å². The van der Waals surface area contributed by atoms with Gasteiger partial charge in [-0.15, -0.1) is 0 Å². The molecule has 1 unspecified atom stereocenters. The van der Waals surface area contributed by atoms with Gasteiger partial charge in [0.25, 0.3) is 0 Å². The monoisotopic (exact) mass is 246 g/mol. The second kappa shape index (κ2) is 4.73. The second-order valence-electron chi connectivity index (χ2n) is 5.13. The maximum absolute atomic E-state index is 11.3. The standard InChI is InChI=1S/C15H18O3/c1-2-11-12(8-10-6-4-3-5-7-10)17-13-9-14(16)18-15(11)13/h3-7,11-13,15H,2,8-9H2,1H3/t11-,12?,13-,15-/m1/s1. The predicted octanol–water partition coefficient (Wildman–Crippen LogP) is 2.34. The molecule has 0 saturated carbocycles. The van der Waals surface area contributed by atoms with Crippen LogP contribution in [0.15, 0.2) is 30.3 Å². The van der Waals surface area contributed by atoms with Gasteiger partial charge in [0.1, 0.15) is 12.2 Å². The van der Waals surface area contributed by atoms with Gasteiger partial charge in [-0.3, -0.25) is 4.79 Å². The van der Waals surface area contributed by atoms with Gasteiger partial charge in [0.15, 0.2) is 0 Å². The number of rotatable bonds is 3. The number of fused-ring (bicyclic) bond motifs is 1. The van der Waals surface area contributed by atoms with Gasteiger partial charge in [-0.05, 0) is 18.4 Å². The lowest BCUT2D eigenvalue weighted by molar-refractivity contribution is -0.143. The Labute approximate surface area is 107 Å². The molecule has 2 aliphatic rings. The highest BCUT2D eigenvalue weighted by Gasteiger charge is 2.50. The number of esters is 1. The average Bonchev–Trinajstić information content (AvgIpc) is 2.85. The Balaban J connectivity index is 1.72. The fourth-order valence-electron chi connectivity index (χ4n) is 3.12.